The van der Waals surface area contributed by atoms with Crippen LogP contribution in [0.25, 0.3) is 0 Å². The number of aliphatic carboxylic acids is 1. The van der Waals surface area contributed by atoms with Crippen molar-refractivity contribution in [3.05, 3.63) is 90.5 Å². The van der Waals surface area contributed by atoms with Crippen LogP contribution in [0.15, 0.2) is 84.9 Å². The molecule has 1 atom stereocenters. The Hall–Kier alpha value is -3.28. The van der Waals surface area contributed by atoms with E-state index in [1.807, 2.05) is 0 Å². The molecule has 3 aromatic carbocycles. The number of hydrogen-bond donors (Lipinski definition) is 1. The van der Waals surface area contributed by atoms with Gasteiger partial charge >= 0.3 is 13.8 Å². The molecule has 0 amide bonds. The van der Waals surface area contributed by atoms with Crippen LogP contribution in [-0.4, -0.2) is 23.8 Å². The second-order valence-corrected chi connectivity index (χ2v) is 8.94. The lowest BCUT2D eigenvalue weighted by Gasteiger charge is -2.34. The first-order chi connectivity index (χ1) is 15.2. The van der Waals surface area contributed by atoms with E-state index in [1.165, 1.54) is 21.0 Å². The third-order valence-electron chi connectivity index (χ3n) is 4.66. The number of carbonyl (C=O) groups is 1. The van der Waals surface area contributed by atoms with E-state index in [0.29, 0.717) is 11.3 Å². The molecule has 1 N–H and O–H groups in total. The Morgan fingerprint density at radius 2 is 1.28 bits per heavy atom. The summed E-state index contributed by atoms with van der Waals surface area (Å²) in [4.78, 5) is 12.2. The average molecular weight is 456 g/mol. The SMILES string of the molecule is COc1ccc(C(C(=O)O)C(C)(C)OP(=O)(Oc2ccccc2)Oc2ccccc2)cc1. The number of carboxylic acid groups (broad SMARTS) is 1. The zero-order valence-electron chi connectivity index (χ0n) is 18.0. The van der Waals surface area contributed by atoms with Crippen LogP contribution in [0.2, 0.25) is 0 Å². The summed E-state index contributed by atoms with van der Waals surface area (Å²) in [6.07, 6.45) is 0. The van der Waals surface area contributed by atoms with Crippen molar-refractivity contribution in [3.63, 3.8) is 0 Å². The highest BCUT2D eigenvalue weighted by Gasteiger charge is 2.46. The zero-order chi connectivity index (χ0) is 23.2. The second kappa shape index (κ2) is 9.90. The zero-order valence-corrected chi connectivity index (χ0v) is 18.9. The van der Waals surface area contributed by atoms with Crippen LogP contribution in [0.5, 0.6) is 17.2 Å². The molecule has 0 radical (unpaired) electrons. The lowest BCUT2D eigenvalue weighted by atomic mass is 9.85. The number of methoxy groups -OCH3 is 1. The van der Waals surface area contributed by atoms with Crippen molar-refractivity contribution in [2.75, 3.05) is 7.11 Å². The van der Waals surface area contributed by atoms with Crippen molar-refractivity contribution < 1.29 is 32.8 Å². The van der Waals surface area contributed by atoms with Crippen LogP contribution in [0, 0.1) is 0 Å². The summed E-state index contributed by atoms with van der Waals surface area (Å²) in [5.41, 5.74) is -1.02. The van der Waals surface area contributed by atoms with E-state index in [0.717, 1.165) is 0 Å². The van der Waals surface area contributed by atoms with Crippen LogP contribution in [-0.2, 0) is 13.9 Å². The maximum atomic E-state index is 13.7. The van der Waals surface area contributed by atoms with Crippen LogP contribution < -0.4 is 13.8 Å². The van der Waals surface area contributed by atoms with Crippen molar-refractivity contribution in [2.24, 2.45) is 0 Å². The van der Waals surface area contributed by atoms with Gasteiger partial charge in [-0.3, -0.25) is 9.32 Å². The second-order valence-electron chi connectivity index (χ2n) is 7.50. The van der Waals surface area contributed by atoms with Crippen molar-refractivity contribution in [2.45, 2.75) is 25.4 Å². The van der Waals surface area contributed by atoms with Gasteiger partial charge in [0.15, 0.2) is 0 Å². The minimum absolute atomic E-state index is 0.263. The number of para-hydroxylation sites is 2. The Morgan fingerprint density at radius 3 is 1.69 bits per heavy atom. The van der Waals surface area contributed by atoms with Gasteiger partial charge in [0.25, 0.3) is 0 Å². The van der Waals surface area contributed by atoms with Gasteiger partial charge in [-0.15, -0.1) is 0 Å². The molecule has 0 saturated heterocycles. The summed E-state index contributed by atoms with van der Waals surface area (Å²) in [6.45, 7) is 3.07. The Balaban J connectivity index is 1.95. The molecule has 32 heavy (non-hydrogen) atoms. The molecular weight excluding hydrogens is 431 g/mol. The molecule has 3 rings (SSSR count). The van der Waals surface area contributed by atoms with Crippen molar-refractivity contribution >= 4 is 13.8 Å². The fourth-order valence-corrected chi connectivity index (χ4v) is 4.81. The summed E-state index contributed by atoms with van der Waals surface area (Å²) in [7, 11) is -2.78. The smallest absolute Gasteiger partial charge is 0.497 e. The normalized spacial score (nSPS) is 12.6. The summed E-state index contributed by atoms with van der Waals surface area (Å²) in [5.74, 6) is -1.20. The number of ether oxygens (including phenoxy) is 1. The number of phosphoric ester groups is 1. The van der Waals surface area contributed by atoms with Gasteiger partial charge in [-0.05, 0) is 55.8 Å². The first-order valence-electron chi connectivity index (χ1n) is 9.89. The molecule has 168 valence electrons. The molecule has 3 aromatic rings. The number of hydrogen-bond acceptors (Lipinski definition) is 6. The molecule has 0 fully saturated rings. The fourth-order valence-electron chi connectivity index (χ4n) is 3.26. The molecule has 0 heterocycles. The Bertz CT molecular complexity index is 1020. The predicted octanol–water partition coefficient (Wildman–Crippen LogP) is 5.92. The molecule has 0 spiro atoms. The fraction of sp³-hybridized carbons (Fsp3) is 0.208. The molecule has 0 bridgehead atoms. The molecule has 7 nitrogen and oxygen atoms in total. The monoisotopic (exact) mass is 456 g/mol. The molecule has 0 aromatic heterocycles. The summed E-state index contributed by atoms with van der Waals surface area (Å²) < 4.78 is 36.0. The van der Waals surface area contributed by atoms with E-state index >= 15 is 0 Å². The Morgan fingerprint density at radius 1 is 0.812 bits per heavy atom. The molecule has 8 heteroatoms. The van der Waals surface area contributed by atoms with Gasteiger partial charge < -0.3 is 18.9 Å². The van der Waals surface area contributed by atoms with Gasteiger partial charge in [0.1, 0.15) is 23.2 Å². The highest BCUT2D eigenvalue weighted by atomic mass is 31.2. The van der Waals surface area contributed by atoms with E-state index in [2.05, 4.69) is 0 Å². The van der Waals surface area contributed by atoms with Crippen molar-refractivity contribution in [1.29, 1.82) is 0 Å². The minimum Gasteiger partial charge on any atom is -0.497 e. The summed E-state index contributed by atoms with van der Waals surface area (Å²) in [5, 5.41) is 9.98. The van der Waals surface area contributed by atoms with E-state index in [1.54, 1.807) is 84.9 Å². The Kier molecular flexibility index (Phi) is 7.23. The molecule has 0 aliphatic carbocycles. The topological polar surface area (TPSA) is 91.3 Å². The third kappa shape index (κ3) is 5.90. The van der Waals surface area contributed by atoms with Gasteiger partial charge in [0.05, 0.1) is 12.7 Å². The van der Waals surface area contributed by atoms with Gasteiger partial charge in [0, 0.05) is 0 Å². The first-order valence-corrected chi connectivity index (χ1v) is 11.4. The molecule has 1 unspecified atom stereocenters. The van der Waals surface area contributed by atoms with Gasteiger partial charge in [-0.2, -0.15) is 0 Å². The van der Waals surface area contributed by atoms with E-state index in [9.17, 15) is 14.5 Å². The quantitative estimate of drug-likeness (QED) is 0.378. The number of carboxylic acids is 1. The lowest BCUT2D eigenvalue weighted by molar-refractivity contribution is -0.143. The number of rotatable bonds is 10. The highest BCUT2D eigenvalue weighted by molar-refractivity contribution is 7.49. The molecule has 0 saturated carbocycles. The van der Waals surface area contributed by atoms with E-state index in [-0.39, 0.29) is 11.5 Å². The van der Waals surface area contributed by atoms with Gasteiger partial charge in [-0.25, -0.2) is 4.57 Å². The van der Waals surface area contributed by atoms with E-state index < -0.39 is 25.3 Å². The van der Waals surface area contributed by atoms with Crippen LogP contribution in [0.4, 0.5) is 0 Å². The lowest BCUT2D eigenvalue weighted by Crippen LogP contribution is -2.38. The van der Waals surface area contributed by atoms with Crippen LogP contribution in [0.3, 0.4) is 0 Å². The summed E-state index contributed by atoms with van der Waals surface area (Å²) >= 11 is 0. The Labute approximate surface area is 187 Å². The number of phosphoric acid groups is 1. The summed E-state index contributed by atoms with van der Waals surface area (Å²) in [6, 6.07) is 23.4. The first kappa shape index (κ1) is 23.4. The molecular formula is C24H25O7P. The minimum atomic E-state index is -4.30. The highest BCUT2D eigenvalue weighted by Crippen LogP contribution is 2.54. The van der Waals surface area contributed by atoms with E-state index in [4.69, 9.17) is 18.3 Å². The maximum absolute atomic E-state index is 13.7. The van der Waals surface area contributed by atoms with Gasteiger partial charge in [-0.1, -0.05) is 48.5 Å². The van der Waals surface area contributed by atoms with Crippen LogP contribution >= 0.6 is 7.82 Å². The predicted molar refractivity (Wildman–Crippen MR) is 120 cm³/mol. The standard InChI is InChI=1S/C24H25O7P/c1-24(2,22(23(25)26)18-14-16-19(28-3)17-15-18)31-32(27,29-20-10-6-4-7-11-20)30-21-12-8-5-9-13-21/h4-17,22H,1-3H3,(H,25,26). The maximum Gasteiger partial charge on any atom is 0.588 e. The van der Waals surface area contributed by atoms with Gasteiger partial charge in [0.2, 0.25) is 0 Å². The molecule has 0 aliphatic rings. The largest absolute Gasteiger partial charge is 0.588 e. The average Bonchev–Trinajstić information content (AvgIpc) is 2.74. The van der Waals surface area contributed by atoms with Crippen LogP contribution in [0.1, 0.15) is 25.3 Å². The number of benzene rings is 3. The van der Waals surface area contributed by atoms with Crippen molar-refractivity contribution in [3.8, 4) is 17.2 Å². The molecule has 0 aliphatic heterocycles. The van der Waals surface area contributed by atoms with Crippen molar-refractivity contribution in [1.82, 2.24) is 0 Å². The third-order valence-corrected chi connectivity index (χ3v) is 6.22.